The molecule has 0 bridgehead atoms. The van der Waals surface area contributed by atoms with Crippen molar-refractivity contribution in [2.45, 2.75) is 110 Å². The van der Waals surface area contributed by atoms with Gasteiger partial charge in [-0.2, -0.15) is 0 Å². The fourth-order valence-corrected chi connectivity index (χ4v) is 3.78. The second kappa shape index (κ2) is 9.80. The van der Waals surface area contributed by atoms with Crippen molar-refractivity contribution in [3.8, 4) is 0 Å². The summed E-state index contributed by atoms with van der Waals surface area (Å²) in [4.78, 5) is 0. The maximum absolute atomic E-state index is 10.5. The lowest BCUT2D eigenvalue weighted by atomic mass is 9.76. The van der Waals surface area contributed by atoms with Crippen molar-refractivity contribution >= 4 is 0 Å². The molecule has 0 aromatic rings. The standard InChI is InChI=1S/C18H36O/c1-3-5-6-7-8-9-10-11-14-17(19)18(4-2)15-12-13-16-18/h17,19H,3-16H2,1-2H3. The van der Waals surface area contributed by atoms with Gasteiger partial charge in [-0.05, 0) is 31.1 Å². The van der Waals surface area contributed by atoms with Gasteiger partial charge in [0.25, 0.3) is 0 Å². The number of aliphatic hydroxyl groups is 1. The normalized spacial score (nSPS) is 19.7. The molecule has 0 aromatic carbocycles. The zero-order chi connectivity index (χ0) is 14.0. The third-order valence-electron chi connectivity index (χ3n) is 5.34. The number of unbranched alkanes of at least 4 members (excludes halogenated alkanes) is 7. The highest BCUT2D eigenvalue weighted by Crippen LogP contribution is 2.45. The molecular weight excluding hydrogens is 232 g/mol. The number of hydrogen-bond donors (Lipinski definition) is 1. The highest BCUT2D eigenvalue weighted by atomic mass is 16.3. The molecular formula is C18H36O. The summed E-state index contributed by atoms with van der Waals surface area (Å²) in [5, 5.41) is 10.5. The maximum atomic E-state index is 10.5. The molecule has 1 N–H and O–H groups in total. The van der Waals surface area contributed by atoms with Crippen molar-refractivity contribution in [3.63, 3.8) is 0 Å². The maximum Gasteiger partial charge on any atom is 0.0596 e. The lowest BCUT2D eigenvalue weighted by molar-refractivity contribution is 0.0171. The quantitative estimate of drug-likeness (QED) is 0.466. The minimum Gasteiger partial charge on any atom is -0.393 e. The average molecular weight is 268 g/mol. The van der Waals surface area contributed by atoms with Crippen LogP contribution in [0.1, 0.15) is 104 Å². The minimum absolute atomic E-state index is 0.0277. The summed E-state index contributed by atoms with van der Waals surface area (Å²) in [6.07, 6.45) is 18.3. The first-order valence-electron chi connectivity index (χ1n) is 8.93. The molecule has 1 atom stereocenters. The van der Waals surface area contributed by atoms with Crippen molar-refractivity contribution in [2.75, 3.05) is 0 Å². The molecule has 1 heteroatoms. The monoisotopic (exact) mass is 268 g/mol. The third kappa shape index (κ3) is 5.85. The first-order chi connectivity index (χ1) is 9.25. The predicted molar refractivity (Wildman–Crippen MR) is 84.4 cm³/mol. The smallest absolute Gasteiger partial charge is 0.0596 e. The van der Waals surface area contributed by atoms with Gasteiger partial charge in [0.2, 0.25) is 0 Å². The molecule has 1 nitrogen and oxygen atoms in total. The summed E-state index contributed by atoms with van der Waals surface area (Å²) >= 11 is 0. The van der Waals surface area contributed by atoms with Crippen LogP contribution >= 0.6 is 0 Å². The number of rotatable bonds is 11. The Bertz CT molecular complexity index is 206. The molecule has 0 saturated heterocycles. The first kappa shape index (κ1) is 17.0. The van der Waals surface area contributed by atoms with Gasteiger partial charge in [-0.15, -0.1) is 0 Å². The van der Waals surface area contributed by atoms with Gasteiger partial charge in [0, 0.05) is 0 Å². The van der Waals surface area contributed by atoms with Crippen LogP contribution in [0.4, 0.5) is 0 Å². The molecule has 0 heterocycles. The second-order valence-electron chi connectivity index (χ2n) is 6.70. The van der Waals surface area contributed by atoms with E-state index >= 15 is 0 Å². The molecule has 1 aliphatic carbocycles. The topological polar surface area (TPSA) is 20.2 Å². The Morgan fingerprint density at radius 3 is 1.89 bits per heavy atom. The largest absolute Gasteiger partial charge is 0.393 e. The molecule has 1 aliphatic rings. The summed E-state index contributed by atoms with van der Waals surface area (Å²) in [5.41, 5.74) is 0.293. The van der Waals surface area contributed by atoms with Crippen molar-refractivity contribution in [1.82, 2.24) is 0 Å². The average Bonchev–Trinajstić information content (AvgIpc) is 2.91. The zero-order valence-corrected chi connectivity index (χ0v) is 13.4. The first-order valence-corrected chi connectivity index (χ1v) is 8.93. The van der Waals surface area contributed by atoms with Crippen LogP contribution in [-0.2, 0) is 0 Å². The predicted octanol–water partition coefficient (Wildman–Crippen LogP) is 5.85. The van der Waals surface area contributed by atoms with E-state index in [0.717, 1.165) is 6.42 Å². The Kier molecular flexibility index (Phi) is 8.77. The van der Waals surface area contributed by atoms with Crippen LogP contribution in [0.3, 0.4) is 0 Å². The van der Waals surface area contributed by atoms with Gasteiger partial charge in [-0.25, -0.2) is 0 Å². The lowest BCUT2D eigenvalue weighted by Crippen LogP contribution is -2.31. The van der Waals surface area contributed by atoms with Crippen molar-refractivity contribution in [2.24, 2.45) is 5.41 Å². The molecule has 0 spiro atoms. The molecule has 1 rings (SSSR count). The molecule has 0 radical (unpaired) electrons. The van der Waals surface area contributed by atoms with E-state index in [2.05, 4.69) is 13.8 Å². The highest BCUT2D eigenvalue weighted by molar-refractivity contribution is 4.89. The summed E-state index contributed by atoms with van der Waals surface area (Å²) in [6.45, 7) is 4.54. The molecule has 114 valence electrons. The van der Waals surface area contributed by atoms with Crippen LogP contribution in [0.25, 0.3) is 0 Å². The van der Waals surface area contributed by atoms with Crippen LogP contribution in [0.15, 0.2) is 0 Å². The number of hydrogen-bond acceptors (Lipinski definition) is 1. The Morgan fingerprint density at radius 2 is 1.37 bits per heavy atom. The Morgan fingerprint density at radius 1 is 0.842 bits per heavy atom. The molecule has 19 heavy (non-hydrogen) atoms. The van der Waals surface area contributed by atoms with Gasteiger partial charge in [-0.3, -0.25) is 0 Å². The molecule has 1 fully saturated rings. The van der Waals surface area contributed by atoms with Crippen molar-refractivity contribution < 1.29 is 5.11 Å². The van der Waals surface area contributed by atoms with E-state index in [1.165, 1.54) is 83.5 Å². The van der Waals surface area contributed by atoms with Gasteiger partial charge >= 0.3 is 0 Å². The molecule has 0 aliphatic heterocycles. The highest BCUT2D eigenvalue weighted by Gasteiger charge is 2.38. The summed E-state index contributed by atoms with van der Waals surface area (Å²) in [5.74, 6) is 0. The number of aliphatic hydroxyl groups excluding tert-OH is 1. The van der Waals surface area contributed by atoms with Crippen LogP contribution in [0, 0.1) is 5.41 Å². The van der Waals surface area contributed by atoms with E-state index in [-0.39, 0.29) is 6.10 Å². The van der Waals surface area contributed by atoms with Gasteiger partial charge in [0.1, 0.15) is 0 Å². The Hall–Kier alpha value is -0.0400. The minimum atomic E-state index is -0.0277. The summed E-state index contributed by atoms with van der Waals surface area (Å²) in [6, 6.07) is 0. The van der Waals surface area contributed by atoms with Crippen molar-refractivity contribution in [3.05, 3.63) is 0 Å². The van der Waals surface area contributed by atoms with Gasteiger partial charge in [0.05, 0.1) is 6.10 Å². The summed E-state index contributed by atoms with van der Waals surface area (Å²) in [7, 11) is 0. The molecule has 1 saturated carbocycles. The van der Waals surface area contributed by atoms with E-state index in [4.69, 9.17) is 0 Å². The third-order valence-corrected chi connectivity index (χ3v) is 5.34. The lowest BCUT2D eigenvalue weighted by Gasteiger charge is -2.33. The van der Waals surface area contributed by atoms with Gasteiger partial charge in [0.15, 0.2) is 0 Å². The summed E-state index contributed by atoms with van der Waals surface area (Å²) < 4.78 is 0. The van der Waals surface area contributed by atoms with Crippen LogP contribution in [-0.4, -0.2) is 11.2 Å². The van der Waals surface area contributed by atoms with Gasteiger partial charge < -0.3 is 5.11 Å². The van der Waals surface area contributed by atoms with Crippen LogP contribution in [0.5, 0.6) is 0 Å². The molecule has 0 aromatic heterocycles. The fraction of sp³-hybridized carbons (Fsp3) is 1.00. The Labute approximate surface area is 121 Å². The van der Waals surface area contributed by atoms with Crippen molar-refractivity contribution in [1.29, 1.82) is 0 Å². The van der Waals surface area contributed by atoms with E-state index in [1.54, 1.807) is 0 Å². The molecule has 1 unspecified atom stereocenters. The SMILES string of the molecule is CCCCCCCCCCC(O)C1(CC)CCCC1. The Balaban J connectivity index is 2.02. The fourth-order valence-electron chi connectivity index (χ4n) is 3.78. The van der Waals surface area contributed by atoms with Crippen LogP contribution < -0.4 is 0 Å². The van der Waals surface area contributed by atoms with E-state index < -0.39 is 0 Å². The molecule has 0 amide bonds. The van der Waals surface area contributed by atoms with Crippen LogP contribution in [0.2, 0.25) is 0 Å². The van der Waals surface area contributed by atoms with E-state index in [9.17, 15) is 5.11 Å². The zero-order valence-electron chi connectivity index (χ0n) is 13.4. The van der Waals surface area contributed by atoms with E-state index in [1.807, 2.05) is 0 Å². The van der Waals surface area contributed by atoms with Gasteiger partial charge in [-0.1, -0.05) is 78.1 Å². The second-order valence-corrected chi connectivity index (χ2v) is 6.70. The van der Waals surface area contributed by atoms with E-state index in [0.29, 0.717) is 5.41 Å².